The molecule has 3 aromatic rings. The first kappa shape index (κ1) is 22.2. The van der Waals surface area contributed by atoms with Crippen molar-refractivity contribution in [2.24, 2.45) is 5.92 Å². The van der Waals surface area contributed by atoms with E-state index in [1.54, 1.807) is 31.4 Å². The van der Waals surface area contributed by atoms with Crippen molar-refractivity contribution in [2.45, 2.75) is 26.8 Å². The van der Waals surface area contributed by atoms with Crippen LogP contribution in [0.15, 0.2) is 60.7 Å². The van der Waals surface area contributed by atoms with Crippen LogP contribution in [0.2, 0.25) is 0 Å². The van der Waals surface area contributed by atoms with E-state index in [4.69, 9.17) is 9.47 Å². The van der Waals surface area contributed by atoms with Gasteiger partial charge in [0.2, 0.25) is 0 Å². The SMILES string of the molecule is COc1ccccc1NC(=O)c1cc2ccccc2cc1OCC(=O)N[C@H](C)C(C)C. The minimum atomic E-state index is -0.346. The minimum Gasteiger partial charge on any atom is -0.495 e. The molecule has 0 aliphatic carbocycles. The van der Waals surface area contributed by atoms with Crippen LogP contribution in [0, 0.1) is 5.92 Å². The maximum atomic E-state index is 13.1. The summed E-state index contributed by atoms with van der Waals surface area (Å²) in [6.45, 7) is 5.85. The number of carbonyl (C=O) groups excluding carboxylic acids is 2. The van der Waals surface area contributed by atoms with Crippen molar-refractivity contribution >= 4 is 28.3 Å². The highest BCUT2D eigenvalue weighted by Gasteiger charge is 2.18. The van der Waals surface area contributed by atoms with E-state index in [1.807, 2.05) is 57.2 Å². The zero-order chi connectivity index (χ0) is 22.4. The number of ether oxygens (including phenoxy) is 2. The smallest absolute Gasteiger partial charge is 0.259 e. The molecule has 0 aliphatic rings. The number of carbonyl (C=O) groups is 2. The lowest BCUT2D eigenvalue weighted by Gasteiger charge is -2.18. The summed E-state index contributed by atoms with van der Waals surface area (Å²) in [6, 6.07) is 18.4. The highest BCUT2D eigenvalue weighted by molar-refractivity contribution is 6.09. The molecule has 2 amide bonds. The molecule has 0 aromatic heterocycles. The standard InChI is InChI=1S/C25H28N2O4/c1-16(2)17(3)26-24(28)15-31-23-14-19-10-6-5-9-18(19)13-20(23)25(29)27-21-11-7-8-12-22(21)30-4/h5-14,16-17H,15H2,1-4H3,(H,26,28)(H,27,29)/t17-/m1/s1. The molecule has 0 saturated heterocycles. The van der Waals surface area contributed by atoms with E-state index in [1.165, 1.54) is 0 Å². The van der Waals surface area contributed by atoms with Gasteiger partial charge in [0, 0.05) is 6.04 Å². The third kappa shape index (κ3) is 5.54. The monoisotopic (exact) mass is 420 g/mol. The number of hydrogen-bond acceptors (Lipinski definition) is 4. The third-order valence-corrected chi connectivity index (χ3v) is 5.20. The Kier molecular flexibility index (Phi) is 7.13. The van der Waals surface area contributed by atoms with E-state index in [0.717, 1.165) is 10.8 Å². The van der Waals surface area contributed by atoms with Gasteiger partial charge in [-0.1, -0.05) is 50.2 Å². The van der Waals surface area contributed by atoms with Gasteiger partial charge in [-0.2, -0.15) is 0 Å². The quantitative estimate of drug-likeness (QED) is 0.557. The second-order valence-corrected chi connectivity index (χ2v) is 7.74. The summed E-state index contributed by atoms with van der Waals surface area (Å²) >= 11 is 0. The third-order valence-electron chi connectivity index (χ3n) is 5.20. The number of hydrogen-bond donors (Lipinski definition) is 2. The Hall–Kier alpha value is -3.54. The number of benzene rings is 3. The topological polar surface area (TPSA) is 76.7 Å². The van der Waals surface area contributed by atoms with Crippen LogP contribution >= 0.6 is 0 Å². The van der Waals surface area contributed by atoms with Gasteiger partial charge in [-0.3, -0.25) is 9.59 Å². The summed E-state index contributed by atoms with van der Waals surface area (Å²) in [5, 5.41) is 7.60. The Morgan fingerprint density at radius 1 is 0.903 bits per heavy atom. The van der Waals surface area contributed by atoms with Crippen LogP contribution in [0.3, 0.4) is 0 Å². The summed E-state index contributed by atoms with van der Waals surface area (Å²) in [6.07, 6.45) is 0. The lowest BCUT2D eigenvalue weighted by molar-refractivity contribution is -0.124. The molecule has 0 unspecified atom stereocenters. The number of fused-ring (bicyclic) bond motifs is 1. The fraction of sp³-hybridized carbons (Fsp3) is 0.280. The largest absolute Gasteiger partial charge is 0.495 e. The van der Waals surface area contributed by atoms with Crippen molar-refractivity contribution in [2.75, 3.05) is 19.0 Å². The van der Waals surface area contributed by atoms with E-state index in [-0.39, 0.29) is 24.5 Å². The normalized spacial score (nSPS) is 11.8. The van der Waals surface area contributed by atoms with Gasteiger partial charge in [0.05, 0.1) is 18.4 Å². The average molecular weight is 421 g/mol. The first-order valence-corrected chi connectivity index (χ1v) is 10.3. The van der Waals surface area contributed by atoms with Gasteiger partial charge in [0.25, 0.3) is 11.8 Å². The first-order valence-electron chi connectivity index (χ1n) is 10.3. The van der Waals surface area contributed by atoms with Crippen LogP contribution in [-0.4, -0.2) is 31.6 Å². The molecular weight excluding hydrogens is 392 g/mol. The van der Waals surface area contributed by atoms with Crippen LogP contribution in [0.5, 0.6) is 11.5 Å². The Bertz CT molecular complexity index is 1080. The molecule has 6 heteroatoms. The molecule has 0 fully saturated rings. The maximum absolute atomic E-state index is 13.1. The first-order chi connectivity index (χ1) is 14.9. The molecule has 162 valence electrons. The van der Waals surface area contributed by atoms with E-state index >= 15 is 0 Å². The number of anilines is 1. The molecule has 31 heavy (non-hydrogen) atoms. The Morgan fingerprint density at radius 3 is 2.23 bits per heavy atom. The highest BCUT2D eigenvalue weighted by Crippen LogP contribution is 2.29. The molecule has 1 atom stereocenters. The molecule has 2 N–H and O–H groups in total. The van der Waals surface area contributed by atoms with Crippen LogP contribution < -0.4 is 20.1 Å². The van der Waals surface area contributed by atoms with Crippen molar-refractivity contribution in [1.82, 2.24) is 5.32 Å². The second-order valence-electron chi connectivity index (χ2n) is 7.74. The maximum Gasteiger partial charge on any atom is 0.259 e. The van der Waals surface area contributed by atoms with Gasteiger partial charge in [0.15, 0.2) is 6.61 Å². The lowest BCUT2D eigenvalue weighted by Crippen LogP contribution is -2.39. The number of methoxy groups -OCH3 is 1. The molecule has 6 nitrogen and oxygen atoms in total. The predicted octanol–water partition coefficient (Wildman–Crippen LogP) is 4.64. The van der Waals surface area contributed by atoms with Gasteiger partial charge >= 0.3 is 0 Å². The Morgan fingerprint density at radius 2 is 1.55 bits per heavy atom. The predicted molar refractivity (Wildman–Crippen MR) is 123 cm³/mol. The number of nitrogens with one attached hydrogen (secondary N) is 2. The summed E-state index contributed by atoms with van der Waals surface area (Å²) in [4.78, 5) is 25.4. The van der Waals surface area contributed by atoms with Gasteiger partial charge in [0.1, 0.15) is 11.5 Å². The zero-order valence-electron chi connectivity index (χ0n) is 18.3. The van der Waals surface area contributed by atoms with Gasteiger partial charge in [-0.25, -0.2) is 0 Å². The Balaban J connectivity index is 1.86. The molecule has 0 aliphatic heterocycles. The molecule has 0 radical (unpaired) electrons. The number of amides is 2. The van der Waals surface area contributed by atoms with Gasteiger partial charge < -0.3 is 20.1 Å². The molecule has 0 heterocycles. The number of rotatable bonds is 8. The zero-order valence-corrected chi connectivity index (χ0v) is 18.3. The summed E-state index contributed by atoms with van der Waals surface area (Å²) in [5.41, 5.74) is 0.895. The summed E-state index contributed by atoms with van der Waals surface area (Å²) in [7, 11) is 1.55. The van der Waals surface area contributed by atoms with Crippen molar-refractivity contribution in [3.8, 4) is 11.5 Å². The van der Waals surface area contributed by atoms with Crippen molar-refractivity contribution in [3.05, 3.63) is 66.2 Å². The van der Waals surface area contributed by atoms with E-state index < -0.39 is 0 Å². The number of para-hydroxylation sites is 2. The fourth-order valence-electron chi connectivity index (χ4n) is 3.06. The fourth-order valence-corrected chi connectivity index (χ4v) is 3.06. The van der Waals surface area contributed by atoms with Crippen molar-refractivity contribution < 1.29 is 19.1 Å². The van der Waals surface area contributed by atoms with Crippen LogP contribution in [0.25, 0.3) is 10.8 Å². The average Bonchev–Trinajstić information content (AvgIpc) is 2.77. The molecule has 0 saturated carbocycles. The molecule has 3 aromatic carbocycles. The summed E-state index contributed by atoms with van der Waals surface area (Å²) < 4.78 is 11.1. The Labute approximate surface area is 182 Å². The highest BCUT2D eigenvalue weighted by atomic mass is 16.5. The lowest BCUT2D eigenvalue weighted by atomic mass is 10.0. The molecular formula is C25H28N2O4. The van der Waals surface area contributed by atoms with Gasteiger partial charge in [-0.15, -0.1) is 0 Å². The second kappa shape index (κ2) is 9.98. The van der Waals surface area contributed by atoms with Gasteiger partial charge in [-0.05, 0) is 47.9 Å². The summed E-state index contributed by atoms with van der Waals surface area (Å²) in [5.74, 6) is 0.637. The minimum absolute atomic E-state index is 0.0287. The van der Waals surface area contributed by atoms with E-state index in [0.29, 0.717) is 28.7 Å². The van der Waals surface area contributed by atoms with E-state index in [9.17, 15) is 9.59 Å². The van der Waals surface area contributed by atoms with E-state index in [2.05, 4.69) is 10.6 Å². The molecule has 3 rings (SSSR count). The molecule has 0 spiro atoms. The van der Waals surface area contributed by atoms with Crippen LogP contribution in [-0.2, 0) is 4.79 Å². The molecule has 0 bridgehead atoms. The van der Waals surface area contributed by atoms with Crippen LogP contribution in [0.1, 0.15) is 31.1 Å². The van der Waals surface area contributed by atoms with Crippen molar-refractivity contribution in [3.63, 3.8) is 0 Å². The van der Waals surface area contributed by atoms with Crippen molar-refractivity contribution in [1.29, 1.82) is 0 Å². The van der Waals surface area contributed by atoms with Crippen LogP contribution in [0.4, 0.5) is 5.69 Å².